The molecule has 1 rings (SSSR count). The van der Waals surface area contributed by atoms with E-state index in [1.54, 1.807) is 13.0 Å². The summed E-state index contributed by atoms with van der Waals surface area (Å²) in [5, 5.41) is 0.225. The fourth-order valence-electron chi connectivity index (χ4n) is 0.720. The Kier molecular flexibility index (Phi) is 2.95. The number of carbonyl (C=O) groups excluding carboxylic acids is 1. The highest BCUT2D eigenvalue weighted by Gasteiger charge is 2.08. The maximum atomic E-state index is 11.2. The number of hydrogen-bond acceptors (Lipinski definition) is 2. The molecular formula is C9H7ClO2. The lowest BCUT2D eigenvalue weighted by atomic mass is 10.2. The number of halogens is 1. The fourth-order valence-corrected chi connectivity index (χ4v) is 0.866. The smallest absolute Gasteiger partial charge is 0.209 e. The van der Waals surface area contributed by atoms with Crippen molar-refractivity contribution in [2.75, 3.05) is 0 Å². The van der Waals surface area contributed by atoms with Gasteiger partial charge in [0.25, 0.3) is 0 Å². The van der Waals surface area contributed by atoms with Crippen LogP contribution in [0.25, 0.3) is 0 Å². The van der Waals surface area contributed by atoms with E-state index >= 15 is 0 Å². The zero-order valence-corrected chi connectivity index (χ0v) is 7.31. The van der Waals surface area contributed by atoms with Gasteiger partial charge in [-0.3, -0.25) is 4.79 Å². The molecule has 0 aliphatic carbocycles. The van der Waals surface area contributed by atoms with Crippen molar-refractivity contribution in [3.05, 3.63) is 23.1 Å². The Morgan fingerprint density at radius 3 is 2.92 bits per heavy atom. The van der Waals surface area contributed by atoms with E-state index in [-0.39, 0.29) is 23.2 Å². The lowest BCUT2D eigenvalue weighted by molar-refractivity contribution is 0.0972. The third kappa shape index (κ3) is 2.14. The zero-order chi connectivity index (χ0) is 8.97. The predicted octanol–water partition coefficient (Wildman–Crippen LogP) is 2.53. The van der Waals surface area contributed by atoms with Gasteiger partial charge in [0, 0.05) is 0 Å². The first-order valence-electron chi connectivity index (χ1n) is 3.42. The first-order valence-corrected chi connectivity index (χ1v) is 3.80. The highest BCUT2D eigenvalue weighted by Crippen LogP contribution is 2.14. The molecule has 1 aromatic rings. The Labute approximate surface area is 75.5 Å². The summed E-state index contributed by atoms with van der Waals surface area (Å²) in [5.74, 6) is 5.41. The Morgan fingerprint density at radius 2 is 2.42 bits per heavy atom. The van der Waals surface area contributed by atoms with Gasteiger partial charge in [-0.05, 0) is 30.7 Å². The molecule has 0 fully saturated rings. The summed E-state index contributed by atoms with van der Waals surface area (Å²) in [4.78, 5) is 11.2. The first kappa shape index (κ1) is 8.89. The van der Waals surface area contributed by atoms with Crippen LogP contribution in [0.4, 0.5) is 0 Å². The lowest BCUT2D eigenvalue weighted by Gasteiger charge is -1.87. The Morgan fingerprint density at radius 1 is 1.67 bits per heavy atom. The fraction of sp³-hybridized carbons (Fsp3) is 0.222. The number of ketones is 1. The van der Waals surface area contributed by atoms with Gasteiger partial charge in [-0.1, -0.05) is 5.92 Å². The number of hydrogen-bond donors (Lipinski definition) is 0. The summed E-state index contributed by atoms with van der Waals surface area (Å²) >= 11 is 5.48. The number of furan rings is 1. The molecule has 0 bridgehead atoms. The molecule has 2 nitrogen and oxygen atoms in total. The largest absolute Gasteiger partial charge is 0.442 e. The van der Waals surface area contributed by atoms with Crippen molar-refractivity contribution in [2.45, 2.75) is 13.3 Å². The third-order valence-electron chi connectivity index (χ3n) is 1.27. The van der Waals surface area contributed by atoms with Gasteiger partial charge in [-0.2, -0.15) is 0 Å². The van der Waals surface area contributed by atoms with Crippen LogP contribution < -0.4 is 0 Å². The van der Waals surface area contributed by atoms with Gasteiger partial charge >= 0.3 is 0 Å². The van der Waals surface area contributed by atoms with Crippen LogP contribution in [-0.2, 0) is 0 Å². The van der Waals surface area contributed by atoms with Gasteiger partial charge in [0.2, 0.25) is 5.78 Å². The molecule has 12 heavy (non-hydrogen) atoms. The molecule has 0 aromatic carbocycles. The molecule has 1 aromatic heterocycles. The molecule has 0 aliphatic heterocycles. The predicted molar refractivity (Wildman–Crippen MR) is 46.1 cm³/mol. The van der Waals surface area contributed by atoms with E-state index in [1.807, 2.05) is 0 Å². The van der Waals surface area contributed by atoms with Crippen LogP contribution in [0.2, 0.25) is 5.22 Å². The molecule has 0 atom stereocenters. The van der Waals surface area contributed by atoms with Crippen LogP contribution in [0.15, 0.2) is 16.5 Å². The van der Waals surface area contributed by atoms with E-state index in [9.17, 15) is 4.79 Å². The maximum Gasteiger partial charge on any atom is 0.209 e. The molecule has 0 saturated heterocycles. The maximum absolute atomic E-state index is 11.2. The molecule has 0 spiro atoms. The van der Waals surface area contributed by atoms with Crippen LogP contribution in [0.1, 0.15) is 23.9 Å². The minimum absolute atomic E-state index is 0.142. The molecule has 0 aliphatic rings. The average Bonchev–Trinajstić information content (AvgIpc) is 2.47. The molecule has 0 radical (unpaired) electrons. The highest BCUT2D eigenvalue weighted by molar-refractivity contribution is 6.29. The van der Waals surface area contributed by atoms with Gasteiger partial charge in [-0.25, -0.2) is 0 Å². The van der Waals surface area contributed by atoms with E-state index in [0.717, 1.165) is 0 Å². The minimum atomic E-state index is -0.142. The number of rotatable bonds is 2. The molecule has 0 N–H and O–H groups in total. The summed E-state index contributed by atoms with van der Waals surface area (Å²) in [6.07, 6.45) is 0.181. The van der Waals surface area contributed by atoms with Crippen LogP contribution in [0, 0.1) is 11.8 Å². The van der Waals surface area contributed by atoms with Crippen molar-refractivity contribution < 1.29 is 9.21 Å². The Bertz CT molecular complexity index is 341. The van der Waals surface area contributed by atoms with Crippen molar-refractivity contribution in [2.24, 2.45) is 0 Å². The Balaban J connectivity index is 2.69. The minimum Gasteiger partial charge on any atom is -0.442 e. The summed E-state index contributed by atoms with van der Waals surface area (Å²) in [6.45, 7) is 1.68. The number of Topliss-reactive ketones (excluding diaryl/α,β-unsaturated/α-hetero) is 1. The van der Waals surface area contributed by atoms with Crippen molar-refractivity contribution in [3.63, 3.8) is 0 Å². The van der Waals surface area contributed by atoms with Crippen molar-refractivity contribution in [1.29, 1.82) is 0 Å². The second-order valence-electron chi connectivity index (χ2n) is 2.13. The van der Waals surface area contributed by atoms with Crippen LogP contribution >= 0.6 is 11.6 Å². The summed E-state index contributed by atoms with van der Waals surface area (Å²) in [6, 6.07) is 3.08. The second-order valence-corrected chi connectivity index (χ2v) is 2.50. The monoisotopic (exact) mass is 182 g/mol. The van der Waals surface area contributed by atoms with Gasteiger partial charge in [-0.15, -0.1) is 5.92 Å². The van der Waals surface area contributed by atoms with Crippen molar-refractivity contribution >= 4 is 17.4 Å². The molecule has 0 unspecified atom stereocenters. The SMILES string of the molecule is CC#CCC(=O)c1ccc(Cl)o1. The molecule has 1 heterocycles. The average molecular weight is 183 g/mol. The lowest BCUT2D eigenvalue weighted by Crippen LogP contribution is -1.93. The standard InChI is InChI=1S/C9H7ClO2/c1-2-3-4-7(11)8-5-6-9(10)12-8/h5-6H,4H2,1H3. The van der Waals surface area contributed by atoms with Gasteiger partial charge in [0.05, 0.1) is 6.42 Å². The van der Waals surface area contributed by atoms with E-state index in [4.69, 9.17) is 16.0 Å². The van der Waals surface area contributed by atoms with Crippen molar-refractivity contribution in [3.8, 4) is 11.8 Å². The normalized spacial score (nSPS) is 8.83. The van der Waals surface area contributed by atoms with Gasteiger partial charge < -0.3 is 4.42 Å². The van der Waals surface area contributed by atoms with E-state index in [2.05, 4.69) is 11.8 Å². The van der Waals surface area contributed by atoms with Crippen LogP contribution in [0.5, 0.6) is 0 Å². The molecule has 0 amide bonds. The molecule has 3 heteroatoms. The van der Waals surface area contributed by atoms with Crippen molar-refractivity contribution in [1.82, 2.24) is 0 Å². The first-order chi connectivity index (χ1) is 5.74. The quantitative estimate of drug-likeness (QED) is 0.520. The van der Waals surface area contributed by atoms with E-state index in [0.29, 0.717) is 0 Å². The molecular weight excluding hydrogens is 176 g/mol. The third-order valence-corrected chi connectivity index (χ3v) is 1.48. The van der Waals surface area contributed by atoms with Gasteiger partial charge in [0.1, 0.15) is 0 Å². The summed E-state index contributed by atoms with van der Waals surface area (Å²) in [7, 11) is 0. The summed E-state index contributed by atoms with van der Waals surface area (Å²) < 4.78 is 4.89. The number of carbonyl (C=O) groups is 1. The molecule has 0 saturated carbocycles. The topological polar surface area (TPSA) is 30.2 Å². The molecule has 62 valence electrons. The van der Waals surface area contributed by atoms with Crippen LogP contribution in [-0.4, -0.2) is 5.78 Å². The van der Waals surface area contributed by atoms with E-state index in [1.165, 1.54) is 6.07 Å². The van der Waals surface area contributed by atoms with Crippen LogP contribution in [0.3, 0.4) is 0 Å². The highest BCUT2D eigenvalue weighted by atomic mass is 35.5. The van der Waals surface area contributed by atoms with Gasteiger partial charge in [0.15, 0.2) is 11.0 Å². The summed E-state index contributed by atoms with van der Waals surface area (Å²) in [5.41, 5.74) is 0. The zero-order valence-electron chi connectivity index (χ0n) is 6.56. The van der Waals surface area contributed by atoms with E-state index < -0.39 is 0 Å². The Hall–Kier alpha value is -1.20. The second kappa shape index (κ2) is 3.99.